The minimum Gasteiger partial charge on any atom is -0.457 e. The zero-order valence-electron chi connectivity index (χ0n) is 13.6. The maximum atomic E-state index is 12.9. The molecule has 3 N–H and O–H groups in total. The van der Waals surface area contributed by atoms with Gasteiger partial charge in [0.25, 0.3) is 0 Å². The van der Waals surface area contributed by atoms with E-state index in [0.29, 0.717) is 30.3 Å². The summed E-state index contributed by atoms with van der Waals surface area (Å²) in [4.78, 5) is 16.2. The van der Waals surface area contributed by atoms with Crippen molar-refractivity contribution in [1.82, 2.24) is 15.6 Å². The molecule has 1 amide bonds. The summed E-state index contributed by atoms with van der Waals surface area (Å²) >= 11 is 0. The zero-order chi connectivity index (χ0) is 17.6. The number of ether oxygens (including phenoxy) is 1. The molecule has 25 heavy (non-hydrogen) atoms. The Morgan fingerprint density at radius 3 is 2.80 bits per heavy atom. The van der Waals surface area contributed by atoms with E-state index in [0.717, 1.165) is 0 Å². The van der Waals surface area contributed by atoms with Gasteiger partial charge in [-0.3, -0.25) is 9.78 Å². The second-order valence-corrected chi connectivity index (χ2v) is 6.01. The molecule has 1 aliphatic rings. The zero-order valence-corrected chi connectivity index (χ0v) is 13.6. The number of amides is 1. The van der Waals surface area contributed by atoms with Crippen LogP contribution >= 0.6 is 0 Å². The van der Waals surface area contributed by atoms with Crippen molar-refractivity contribution >= 4 is 5.91 Å². The maximum Gasteiger partial charge on any atom is 0.220 e. The molecule has 1 fully saturated rings. The quantitative estimate of drug-likeness (QED) is 0.741. The van der Waals surface area contributed by atoms with Crippen molar-refractivity contribution in [3.05, 3.63) is 54.1 Å². The van der Waals surface area contributed by atoms with E-state index in [9.17, 15) is 14.3 Å². The Balaban J connectivity index is 1.52. The van der Waals surface area contributed by atoms with Crippen molar-refractivity contribution < 1.29 is 19.0 Å². The molecule has 6 nitrogen and oxygen atoms in total. The summed E-state index contributed by atoms with van der Waals surface area (Å²) in [6, 6.07) is 9.13. The van der Waals surface area contributed by atoms with Crippen LogP contribution in [0.25, 0.3) is 0 Å². The van der Waals surface area contributed by atoms with Crippen LogP contribution in [0.3, 0.4) is 0 Å². The molecule has 0 unspecified atom stereocenters. The highest BCUT2D eigenvalue weighted by Crippen LogP contribution is 2.21. The molecule has 1 aliphatic heterocycles. The first-order valence-electron chi connectivity index (χ1n) is 8.14. The Bertz CT molecular complexity index is 724. The lowest BCUT2D eigenvalue weighted by Gasteiger charge is -2.13. The molecule has 1 aromatic heterocycles. The molecule has 132 valence electrons. The first-order valence-corrected chi connectivity index (χ1v) is 8.14. The van der Waals surface area contributed by atoms with Crippen molar-refractivity contribution in [3.63, 3.8) is 0 Å². The van der Waals surface area contributed by atoms with Crippen molar-refractivity contribution in [3.8, 4) is 11.5 Å². The van der Waals surface area contributed by atoms with Crippen LogP contribution in [0.5, 0.6) is 11.5 Å². The maximum absolute atomic E-state index is 12.9. The molecule has 7 heteroatoms. The van der Waals surface area contributed by atoms with Crippen LogP contribution < -0.4 is 15.4 Å². The number of aliphatic hydroxyl groups excluding tert-OH is 1. The van der Waals surface area contributed by atoms with E-state index < -0.39 is 6.10 Å². The van der Waals surface area contributed by atoms with Crippen LogP contribution in [0.4, 0.5) is 4.39 Å². The van der Waals surface area contributed by atoms with Crippen molar-refractivity contribution in [1.29, 1.82) is 0 Å². The van der Waals surface area contributed by atoms with Gasteiger partial charge in [-0.1, -0.05) is 0 Å². The van der Waals surface area contributed by atoms with E-state index in [2.05, 4.69) is 15.6 Å². The first kappa shape index (κ1) is 17.3. The molecule has 0 aliphatic carbocycles. The molecular weight excluding hydrogens is 325 g/mol. The molecule has 3 rings (SSSR count). The molecule has 0 radical (unpaired) electrons. The summed E-state index contributed by atoms with van der Waals surface area (Å²) in [5.41, 5.74) is 0.651. The number of aliphatic hydroxyl groups is 1. The highest BCUT2D eigenvalue weighted by molar-refractivity contribution is 5.76. The van der Waals surface area contributed by atoms with E-state index in [1.165, 1.54) is 24.3 Å². The number of carbonyl (C=O) groups is 1. The van der Waals surface area contributed by atoms with Crippen LogP contribution in [-0.4, -0.2) is 35.2 Å². The van der Waals surface area contributed by atoms with E-state index in [1.54, 1.807) is 18.3 Å². The van der Waals surface area contributed by atoms with Gasteiger partial charge in [0.2, 0.25) is 5.91 Å². The summed E-state index contributed by atoms with van der Waals surface area (Å²) in [5.74, 6) is 0.570. The normalized spacial score (nSPS) is 19.6. The number of benzene rings is 1. The molecule has 2 heterocycles. The Labute approximate surface area is 145 Å². The predicted octanol–water partition coefficient (Wildman–Crippen LogP) is 1.60. The van der Waals surface area contributed by atoms with Gasteiger partial charge in [-0.25, -0.2) is 4.39 Å². The minimum atomic E-state index is -0.476. The van der Waals surface area contributed by atoms with Gasteiger partial charge in [-0.2, -0.15) is 0 Å². The Morgan fingerprint density at radius 2 is 2.08 bits per heavy atom. The highest BCUT2D eigenvalue weighted by Gasteiger charge is 2.26. The van der Waals surface area contributed by atoms with Gasteiger partial charge in [0, 0.05) is 37.7 Å². The molecule has 0 spiro atoms. The Kier molecular flexibility index (Phi) is 5.57. The second kappa shape index (κ2) is 8.04. The smallest absolute Gasteiger partial charge is 0.220 e. The third kappa shape index (κ3) is 4.98. The van der Waals surface area contributed by atoms with Gasteiger partial charge in [-0.15, -0.1) is 0 Å². The lowest BCUT2D eigenvalue weighted by Crippen LogP contribution is -2.29. The second-order valence-electron chi connectivity index (χ2n) is 6.01. The minimum absolute atomic E-state index is 0.0545. The third-order valence-corrected chi connectivity index (χ3v) is 4.06. The number of rotatable bonds is 6. The Hall–Kier alpha value is -2.51. The Morgan fingerprint density at radius 1 is 1.28 bits per heavy atom. The lowest BCUT2D eigenvalue weighted by atomic mass is 10.0. The number of carbonyl (C=O) groups excluding carboxylic acids is 1. The van der Waals surface area contributed by atoms with Crippen LogP contribution in [0.2, 0.25) is 0 Å². The molecule has 0 bridgehead atoms. The average Bonchev–Trinajstić information content (AvgIpc) is 3.00. The number of hydrogen-bond acceptors (Lipinski definition) is 5. The predicted molar refractivity (Wildman–Crippen MR) is 89.5 cm³/mol. The molecule has 1 saturated heterocycles. The van der Waals surface area contributed by atoms with E-state index in [-0.39, 0.29) is 30.6 Å². The topological polar surface area (TPSA) is 83.5 Å². The third-order valence-electron chi connectivity index (χ3n) is 4.06. The van der Waals surface area contributed by atoms with E-state index >= 15 is 0 Å². The van der Waals surface area contributed by atoms with Crippen LogP contribution in [0.1, 0.15) is 12.1 Å². The van der Waals surface area contributed by atoms with Gasteiger partial charge in [-0.05, 0) is 30.3 Å². The number of halogens is 1. The van der Waals surface area contributed by atoms with Crippen molar-refractivity contribution in [2.24, 2.45) is 5.92 Å². The average molecular weight is 345 g/mol. The summed E-state index contributed by atoms with van der Waals surface area (Å²) < 4.78 is 18.6. The lowest BCUT2D eigenvalue weighted by molar-refractivity contribution is -0.122. The van der Waals surface area contributed by atoms with Gasteiger partial charge in [0.1, 0.15) is 17.3 Å². The van der Waals surface area contributed by atoms with E-state index in [1.807, 2.05) is 0 Å². The number of pyridine rings is 1. The fourth-order valence-electron chi connectivity index (χ4n) is 2.68. The number of β-amino-alcohol motifs (C(OH)–C–C–N with tert-alkyl or cyclic N) is 1. The van der Waals surface area contributed by atoms with Gasteiger partial charge in [0.05, 0.1) is 18.3 Å². The van der Waals surface area contributed by atoms with Crippen LogP contribution in [0.15, 0.2) is 42.6 Å². The molecular formula is C18H20FN3O3. The summed E-state index contributed by atoms with van der Waals surface area (Å²) in [5, 5.41) is 15.6. The standard InChI is InChI=1S/C18H20FN3O3/c19-13-1-3-15(4-2-13)25-16-5-6-21-14(8-16)10-22-18(24)7-12-9-20-11-17(12)23/h1-6,8,12,17,20,23H,7,9-11H2,(H,22,24)/t12-,17-/m1/s1. The summed E-state index contributed by atoms with van der Waals surface area (Å²) in [6.07, 6.45) is 1.39. The van der Waals surface area contributed by atoms with Crippen LogP contribution in [0, 0.1) is 11.7 Å². The van der Waals surface area contributed by atoms with Gasteiger partial charge < -0.3 is 20.5 Å². The van der Waals surface area contributed by atoms with Gasteiger partial charge >= 0.3 is 0 Å². The highest BCUT2D eigenvalue weighted by atomic mass is 19.1. The molecule has 2 atom stereocenters. The SMILES string of the molecule is O=C(C[C@@H]1CNC[C@H]1O)NCc1cc(Oc2ccc(F)cc2)ccn1. The van der Waals surface area contributed by atoms with Crippen LogP contribution in [-0.2, 0) is 11.3 Å². The molecule has 0 saturated carbocycles. The number of nitrogens with zero attached hydrogens (tertiary/aromatic N) is 1. The van der Waals surface area contributed by atoms with Crippen molar-refractivity contribution in [2.45, 2.75) is 19.1 Å². The van der Waals surface area contributed by atoms with Crippen molar-refractivity contribution in [2.75, 3.05) is 13.1 Å². The first-order chi connectivity index (χ1) is 12.1. The molecule has 1 aromatic carbocycles. The molecule has 2 aromatic rings. The number of hydrogen-bond donors (Lipinski definition) is 3. The summed E-state index contributed by atoms with van der Waals surface area (Å²) in [7, 11) is 0. The largest absolute Gasteiger partial charge is 0.457 e. The fourth-order valence-corrected chi connectivity index (χ4v) is 2.68. The van der Waals surface area contributed by atoms with Gasteiger partial charge in [0.15, 0.2) is 0 Å². The number of nitrogens with one attached hydrogen (secondary N) is 2. The fraction of sp³-hybridized carbons (Fsp3) is 0.333. The summed E-state index contributed by atoms with van der Waals surface area (Å²) in [6.45, 7) is 1.45. The van der Waals surface area contributed by atoms with E-state index in [4.69, 9.17) is 4.74 Å². The number of aromatic nitrogens is 1. The monoisotopic (exact) mass is 345 g/mol.